The van der Waals surface area contributed by atoms with Gasteiger partial charge in [-0.2, -0.15) is 0 Å². The van der Waals surface area contributed by atoms with Crippen molar-refractivity contribution in [1.29, 1.82) is 0 Å². The van der Waals surface area contributed by atoms with Crippen LogP contribution in [-0.2, 0) is 11.2 Å². The first kappa shape index (κ1) is 12.8. The number of rotatable bonds is 5. The molecule has 0 amide bonds. The van der Waals surface area contributed by atoms with Crippen LogP contribution in [0.5, 0.6) is 5.75 Å². The van der Waals surface area contributed by atoms with Gasteiger partial charge in [0, 0.05) is 12.8 Å². The fraction of sp³-hybridized carbons (Fsp3) is 0.500. The maximum absolute atomic E-state index is 11.3. The van der Waals surface area contributed by atoms with E-state index in [0.29, 0.717) is 18.6 Å². The van der Waals surface area contributed by atoms with E-state index >= 15 is 0 Å². The summed E-state index contributed by atoms with van der Waals surface area (Å²) in [5.74, 6) is 1.24. The average Bonchev–Trinajstić information content (AvgIpc) is 2.30. The number of ketones is 1. The number of carbonyl (C=O) groups excluding carboxylic acids is 1. The van der Waals surface area contributed by atoms with Gasteiger partial charge >= 0.3 is 0 Å². The lowest BCUT2D eigenvalue weighted by atomic mass is 10.00. The Morgan fingerprint density at radius 2 is 2.00 bits per heavy atom. The second kappa shape index (κ2) is 5.69. The Morgan fingerprint density at radius 1 is 1.31 bits per heavy atom. The van der Waals surface area contributed by atoms with Crippen LogP contribution >= 0.6 is 0 Å². The summed E-state index contributed by atoms with van der Waals surface area (Å²) < 4.78 is 5.41. The third kappa shape index (κ3) is 2.84. The fourth-order valence-electron chi connectivity index (χ4n) is 1.78. The van der Waals surface area contributed by atoms with Gasteiger partial charge in [0.2, 0.25) is 0 Å². The van der Waals surface area contributed by atoms with Crippen LogP contribution in [0.1, 0.15) is 36.5 Å². The molecule has 0 atom stereocenters. The Morgan fingerprint density at radius 3 is 2.56 bits per heavy atom. The van der Waals surface area contributed by atoms with Crippen molar-refractivity contribution in [2.45, 2.75) is 40.0 Å². The zero-order valence-electron chi connectivity index (χ0n) is 10.6. The molecule has 16 heavy (non-hydrogen) atoms. The molecule has 0 fully saturated rings. The molecule has 0 unspecified atom stereocenters. The highest BCUT2D eigenvalue weighted by Gasteiger charge is 2.09. The van der Waals surface area contributed by atoms with E-state index in [-0.39, 0.29) is 0 Å². The van der Waals surface area contributed by atoms with Crippen LogP contribution in [0.15, 0.2) is 12.1 Å². The van der Waals surface area contributed by atoms with Gasteiger partial charge in [0.05, 0.1) is 7.11 Å². The van der Waals surface area contributed by atoms with E-state index in [4.69, 9.17) is 4.74 Å². The van der Waals surface area contributed by atoms with Gasteiger partial charge in [0.15, 0.2) is 0 Å². The van der Waals surface area contributed by atoms with Crippen molar-refractivity contribution in [2.24, 2.45) is 0 Å². The molecule has 1 rings (SSSR count). The molecule has 0 aliphatic heterocycles. The van der Waals surface area contributed by atoms with Crippen LogP contribution in [0, 0.1) is 13.8 Å². The summed E-state index contributed by atoms with van der Waals surface area (Å²) in [6, 6.07) is 4.15. The molecule has 0 radical (unpaired) electrons. The van der Waals surface area contributed by atoms with E-state index in [9.17, 15) is 4.79 Å². The van der Waals surface area contributed by atoms with Gasteiger partial charge in [-0.1, -0.05) is 19.1 Å². The van der Waals surface area contributed by atoms with Gasteiger partial charge < -0.3 is 4.74 Å². The van der Waals surface area contributed by atoms with Crippen LogP contribution in [0.3, 0.4) is 0 Å². The Hall–Kier alpha value is -1.31. The van der Waals surface area contributed by atoms with Gasteiger partial charge in [-0.15, -0.1) is 0 Å². The standard InChI is InChI=1S/C14H20O2/c1-5-13(15)9-8-12-7-6-10(2)11(3)14(12)16-4/h6-7H,5,8-9H2,1-4H3. The molecule has 0 aliphatic carbocycles. The molecule has 0 N–H and O–H groups in total. The molecule has 88 valence electrons. The SMILES string of the molecule is CCC(=O)CCc1ccc(C)c(C)c1OC. The molecule has 0 heterocycles. The minimum absolute atomic E-state index is 0.306. The molecule has 1 aromatic rings. The second-order valence-corrected chi connectivity index (χ2v) is 4.09. The predicted molar refractivity (Wildman–Crippen MR) is 66.1 cm³/mol. The van der Waals surface area contributed by atoms with E-state index in [2.05, 4.69) is 26.0 Å². The average molecular weight is 220 g/mol. The molecule has 1 aromatic carbocycles. The minimum Gasteiger partial charge on any atom is -0.496 e. The maximum atomic E-state index is 11.3. The minimum atomic E-state index is 0.306. The lowest BCUT2D eigenvalue weighted by Crippen LogP contribution is -2.01. The molecule has 2 heteroatoms. The summed E-state index contributed by atoms with van der Waals surface area (Å²) >= 11 is 0. The molecular formula is C14H20O2. The molecule has 0 spiro atoms. The predicted octanol–water partition coefficient (Wildman–Crippen LogP) is 3.22. The normalized spacial score (nSPS) is 10.2. The molecule has 0 bridgehead atoms. The Bertz CT molecular complexity index is 381. The number of benzene rings is 1. The molecule has 0 aromatic heterocycles. The number of Topliss-reactive ketones (excluding diaryl/α,β-unsaturated/α-hetero) is 1. The first-order valence-electron chi connectivity index (χ1n) is 5.74. The molecule has 0 aliphatic rings. The Balaban J connectivity index is 2.88. The van der Waals surface area contributed by atoms with Crippen molar-refractivity contribution in [2.75, 3.05) is 7.11 Å². The number of aryl methyl sites for hydroxylation is 2. The smallest absolute Gasteiger partial charge is 0.132 e. The summed E-state index contributed by atoms with van der Waals surface area (Å²) in [4.78, 5) is 11.3. The Kier molecular flexibility index (Phi) is 4.53. The van der Waals surface area contributed by atoms with Gasteiger partial charge in [-0.25, -0.2) is 0 Å². The van der Waals surface area contributed by atoms with Crippen LogP contribution in [0.25, 0.3) is 0 Å². The third-order valence-electron chi connectivity index (χ3n) is 3.03. The van der Waals surface area contributed by atoms with Gasteiger partial charge in [-0.05, 0) is 37.0 Å². The van der Waals surface area contributed by atoms with E-state index < -0.39 is 0 Å². The van der Waals surface area contributed by atoms with Gasteiger partial charge in [0.25, 0.3) is 0 Å². The largest absolute Gasteiger partial charge is 0.496 e. The van der Waals surface area contributed by atoms with Crippen molar-refractivity contribution < 1.29 is 9.53 Å². The van der Waals surface area contributed by atoms with Crippen molar-refractivity contribution in [3.8, 4) is 5.75 Å². The zero-order valence-corrected chi connectivity index (χ0v) is 10.6. The lowest BCUT2D eigenvalue weighted by Gasteiger charge is -2.13. The summed E-state index contributed by atoms with van der Waals surface area (Å²) in [6.45, 7) is 6.03. The van der Waals surface area contributed by atoms with Gasteiger partial charge in [-0.3, -0.25) is 4.79 Å². The number of ether oxygens (including phenoxy) is 1. The molecular weight excluding hydrogens is 200 g/mol. The lowest BCUT2D eigenvalue weighted by molar-refractivity contribution is -0.118. The van der Waals surface area contributed by atoms with Crippen LogP contribution in [-0.4, -0.2) is 12.9 Å². The first-order valence-corrected chi connectivity index (χ1v) is 5.74. The van der Waals surface area contributed by atoms with E-state index in [1.807, 2.05) is 6.92 Å². The summed E-state index contributed by atoms with van der Waals surface area (Å²) in [5, 5.41) is 0. The summed E-state index contributed by atoms with van der Waals surface area (Å²) in [7, 11) is 1.69. The highest BCUT2D eigenvalue weighted by molar-refractivity contribution is 5.78. The van der Waals surface area contributed by atoms with Crippen LogP contribution in [0.4, 0.5) is 0 Å². The molecule has 0 saturated heterocycles. The first-order chi connectivity index (χ1) is 7.60. The molecule has 0 saturated carbocycles. The van der Waals surface area contributed by atoms with Crippen molar-refractivity contribution in [3.05, 3.63) is 28.8 Å². The zero-order chi connectivity index (χ0) is 12.1. The summed E-state index contributed by atoms with van der Waals surface area (Å²) in [6.07, 6.45) is 2.00. The van der Waals surface area contributed by atoms with E-state index in [1.54, 1.807) is 7.11 Å². The van der Waals surface area contributed by atoms with Crippen molar-refractivity contribution >= 4 is 5.78 Å². The van der Waals surface area contributed by atoms with Gasteiger partial charge in [0.1, 0.15) is 11.5 Å². The third-order valence-corrected chi connectivity index (χ3v) is 3.03. The highest BCUT2D eigenvalue weighted by atomic mass is 16.5. The molecule has 2 nitrogen and oxygen atoms in total. The summed E-state index contributed by atoms with van der Waals surface area (Å²) in [5.41, 5.74) is 3.53. The maximum Gasteiger partial charge on any atom is 0.132 e. The number of carbonyl (C=O) groups is 1. The number of methoxy groups -OCH3 is 1. The monoisotopic (exact) mass is 220 g/mol. The topological polar surface area (TPSA) is 26.3 Å². The second-order valence-electron chi connectivity index (χ2n) is 4.09. The Labute approximate surface area is 97.6 Å². The van der Waals surface area contributed by atoms with E-state index in [1.165, 1.54) is 11.1 Å². The van der Waals surface area contributed by atoms with Crippen molar-refractivity contribution in [1.82, 2.24) is 0 Å². The quantitative estimate of drug-likeness (QED) is 0.761. The number of hydrogen-bond acceptors (Lipinski definition) is 2. The highest BCUT2D eigenvalue weighted by Crippen LogP contribution is 2.27. The van der Waals surface area contributed by atoms with E-state index in [0.717, 1.165) is 17.7 Å². The van der Waals surface area contributed by atoms with Crippen LogP contribution in [0.2, 0.25) is 0 Å². The van der Waals surface area contributed by atoms with Crippen LogP contribution < -0.4 is 4.74 Å². The fourth-order valence-corrected chi connectivity index (χ4v) is 1.78. The van der Waals surface area contributed by atoms with Crippen molar-refractivity contribution in [3.63, 3.8) is 0 Å². The number of hydrogen-bond donors (Lipinski definition) is 0.